The zero-order chi connectivity index (χ0) is 8.39. The summed E-state index contributed by atoms with van der Waals surface area (Å²) in [6, 6.07) is 0. The van der Waals surface area contributed by atoms with Crippen LogP contribution in [0.4, 0.5) is 0 Å². The maximum Gasteiger partial charge on any atom is 0.273 e. The summed E-state index contributed by atoms with van der Waals surface area (Å²) in [6.07, 6.45) is 1.10. The van der Waals surface area contributed by atoms with Crippen LogP contribution in [0.1, 0.15) is 17.5 Å². The standard InChI is InChI=1S/C8H12N2OS/c1-2-11-8-10-6-5-9-4-3-7(6)12-8/h9H,2-5H2,1H3. The van der Waals surface area contributed by atoms with E-state index in [0.29, 0.717) is 6.61 Å². The summed E-state index contributed by atoms with van der Waals surface area (Å²) >= 11 is 1.69. The molecule has 1 aliphatic heterocycles. The Kier molecular flexibility index (Phi) is 2.28. The molecule has 1 aromatic rings. The van der Waals surface area contributed by atoms with Crippen LogP contribution in [-0.4, -0.2) is 18.1 Å². The van der Waals surface area contributed by atoms with Crippen molar-refractivity contribution < 1.29 is 4.74 Å². The third-order valence-corrected chi connectivity index (χ3v) is 2.92. The lowest BCUT2D eigenvalue weighted by molar-refractivity contribution is 0.337. The molecule has 2 heterocycles. The average molecular weight is 184 g/mol. The van der Waals surface area contributed by atoms with E-state index in [-0.39, 0.29) is 0 Å². The molecule has 0 amide bonds. The summed E-state index contributed by atoms with van der Waals surface area (Å²) in [5.74, 6) is 0. The number of thiazole rings is 1. The van der Waals surface area contributed by atoms with Gasteiger partial charge in [0.2, 0.25) is 0 Å². The SMILES string of the molecule is CCOc1nc2c(s1)CCNC2. The first-order valence-electron chi connectivity index (χ1n) is 4.22. The second-order valence-corrected chi connectivity index (χ2v) is 3.76. The Labute approximate surface area is 75.8 Å². The van der Waals surface area contributed by atoms with Crippen LogP contribution < -0.4 is 10.1 Å². The Morgan fingerprint density at radius 3 is 3.33 bits per heavy atom. The number of nitrogens with zero attached hydrogens (tertiary/aromatic N) is 1. The van der Waals surface area contributed by atoms with Gasteiger partial charge in [-0.05, 0) is 13.3 Å². The smallest absolute Gasteiger partial charge is 0.273 e. The molecule has 4 heteroatoms. The first-order valence-corrected chi connectivity index (χ1v) is 5.04. The summed E-state index contributed by atoms with van der Waals surface area (Å²) in [5, 5.41) is 4.11. The molecule has 12 heavy (non-hydrogen) atoms. The zero-order valence-corrected chi connectivity index (χ0v) is 7.91. The molecule has 0 radical (unpaired) electrons. The number of aromatic nitrogens is 1. The van der Waals surface area contributed by atoms with Gasteiger partial charge >= 0.3 is 0 Å². The van der Waals surface area contributed by atoms with E-state index < -0.39 is 0 Å². The van der Waals surface area contributed by atoms with Crippen molar-refractivity contribution in [3.63, 3.8) is 0 Å². The van der Waals surface area contributed by atoms with Gasteiger partial charge in [0.25, 0.3) is 5.19 Å². The van der Waals surface area contributed by atoms with Crippen LogP contribution in [0.25, 0.3) is 0 Å². The Hall–Kier alpha value is -0.610. The van der Waals surface area contributed by atoms with Gasteiger partial charge in [-0.15, -0.1) is 0 Å². The molecule has 0 aromatic carbocycles. The molecule has 0 fully saturated rings. The predicted octanol–water partition coefficient (Wildman–Crippen LogP) is 1.19. The molecule has 3 nitrogen and oxygen atoms in total. The molecule has 0 saturated carbocycles. The summed E-state index contributed by atoms with van der Waals surface area (Å²) < 4.78 is 5.34. The number of nitrogens with one attached hydrogen (secondary N) is 1. The Bertz CT molecular complexity index is 249. The van der Waals surface area contributed by atoms with Crippen molar-refractivity contribution >= 4 is 11.3 Å². The van der Waals surface area contributed by atoms with E-state index >= 15 is 0 Å². The van der Waals surface area contributed by atoms with Crippen molar-refractivity contribution in [1.82, 2.24) is 10.3 Å². The molecule has 0 atom stereocenters. The summed E-state index contributed by atoms with van der Waals surface area (Å²) in [7, 11) is 0. The van der Waals surface area contributed by atoms with Gasteiger partial charge in [0.05, 0.1) is 12.3 Å². The van der Waals surface area contributed by atoms with E-state index in [0.717, 1.165) is 24.7 Å². The second-order valence-electron chi connectivity index (χ2n) is 2.71. The van der Waals surface area contributed by atoms with Crippen molar-refractivity contribution in [2.45, 2.75) is 19.9 Å². The highest BCUT2D eigenvalue weighted by Crippen LogP contribution is 2.26. The molecular weight excluding hydrogens is 172 g/mol. The quantitative estimate of drug-likeness (QED) is 0.749. The average Bonchev–Trinajstić information content (AvgIpc) is 2.47. The molecule has 0 bridgehead atoms. The van der Waals surface area contributed by atoms with E-state index in [1.54, 1.807) is 11.3 Å². The lowest BCUT2D eigenvalue weighted by Gasteiger charge is -2.09. The maximum atomic E-state index is 5.34. The van der Waals surface area contributed by atoms with Gasteiger partial charge in [0, 0.05) is 18.0 Å². The summed E-state index contributed by atoms with van der Waals surface area (Å²) in [4.78, 5) is 5.76. The lowest BCUT2D eigenvalue weighted by Crippen LogP contribution is -2.22. The minimum Gasteiger partial charge on any atom is -0.470 e. The number of hydrogen-bond acceptors (Lipinski definition) is 4. The molecule has 2 rings (SSSR count). The van der Waals surface area contributed by atoms with Gasteiger partial charge in [-0.25, -0.2) is 4.98 Å². The van der Waals surface area contributed by atoms with Crippen LogP contribution in [0, 0.1) is 0 Å². The van der Waals surface area contributed by atoms with Gasteiger partial charge in [0.15, 0.2) is 0 Å². The predicted molar refractivity (Wildman–Crippen MR) is 48.7 cm³/mol. The van der Waals surface area contributed by atoms with E-state index in [4.69, 9.17) is 4.74 Å². The zero-order valence-electron chi connectivity index (χ0n) is 7.09. The molecule has 1 aromatic heterocycles. The molecule has 0 spiro atoms. The first kappa shape index (κ1) is 8.01. The number of ether oxygens (including phenoxy) is 1. The van der Waals surface area contributed by atoms with Gasteiger partial charge in [-0.1, -0.05) is 11.3 Å². The third kappa shape index (κ3) is 1.44. The maximum absolute atomic E-state index is 5.34. The van der Waals surface area contributed by atoms with Crippen LogP contribution in [0.2, 0.25) is 0 Å². The fourth-order valence-corrected chi connectivity index (χ4v) is 2.27. The molecule has 0 aliphatic carbocycles. The number of hydrogen-bond donors (Lipinski definition) is 1. The molecule has 66 valence electrons. The molecule has 1 aliphatic rings. The minimum atomic E-state index is 0.708. The Morgan fingerprint density at radius 2 is 2.58 bits per heavy atom. The second kappa shape index (κ2) is 3.41. The first-order chi connectivity index (χ1) is 5.90. The molecule has 0 saturated heterocycles. The molecular formula is C8H12N2OS. The van der Waals surface area contributed by atoms with E-state index in [1.807, 2.05) is 6.92 Å². The fraction of sp³-hybridized carbons (Fsp3) is 0.625. The van der Waals surface area contributed by atoms with Crippen molar-refractivity contribution in [2.24, 2.45) is 0 Å². The number of rotatable bonds is 2. The van der Waals surface area contributed by atoms with Gasteiger partial charge in [-0.2, -0.15) is 0 Å². The van der Waals surface area contributed by atoms with E-state index in [9.17, 15) is 0 Å². The van der Waals surface area contributed by atoms with Crippen molar-refractivity contribution in [3.8, 4) is 5.19 Å². The Morgan fingerprint density at radius 1 is 1.67 bits per heavy atom. The third-order valence-electron chi connectivity index (χ3n) is 1.85. The van der Waals surface area contributed by atoms with Crippen molar-refractivity contribution in [1.29, 1.82) is 0 Å². The van der Waals surface area contributed by atoms with Crippen LogP contribution in [0.3, 0.4) is 0 Å². The largest absolute Gasteiger partial charge is 0.470 e. The monoisotopic (exact) mass is 184 g/mol. The van der Waals surface area contributed by atoms with Gasteiger partial charge in [-0.3, -0.25) is 0 Å². The van der Waals surface area contributed by atoms with Crippen LogP contribution in [0.15, 0.2) is 0 Å². The normalized spacial score (nSPS) is 15.8. The fourth-order valence-electron chi connectivity index (χ4n) is 1.29. The van der Waals surface area contributed by atoms with Gasteiger partial charge in [0.1, 0.15) is 0 Å². The van der Waals surface area contributed by atoms with Crippen molar-refractivity contribution in [2.75, 3.05) is 13.2 Å². The van der Waals surface area contributed by atoms with Crippen LogP contribution in [0.5, 0.6) is 5.19 Å². The molecule has 1 N–H and O–H groups in total. The van der Waals surface area contributed by atoms with Crippen LogP contribution >= 0.6 is 11.3 Å². The van der Waals surface area contributed by atoms with Crippen molar-refractivity contribution in [3.05, 3.63) is 10.6 Å². The van der Waals surface area contributed by atoms with Gasteiger partial charge < -0.3 is 10.1 Å². The highest BCUT2D eigenvalue weighted by Gasteiger charge is 2.14. The number of fused-ring (bicyclic) bond motifs is 1. The lowest BCUT2D eigenvalue weighted by atomic mass is 10.2. The topological polar surface area (TPSA) is 34.1 Å². The summed E-state index contributed by atoms with van der Waals surface area (Å²) in [6.45, 7) is 4.66. The highest BCUT2D eigenvalue weighted by atomic mass is 32.1. The minimum absolute atomic E-state index is 0.708. The highest BCUT2D eigenvalue weighted by molar-refractivity contribution is 7.13. The van der Waals surface area contributed by atoms with E-state index in [1.165, 1.54) is 10.6 Å². The van der Waals surface area contributed by atoms with Crippen LogP contribution in [-0.2, 0) is 13.0 Å². The Balaban J connectivity index is 2.20. The summed E-state index contributed by atoms with van der Waals surface area (Å²) in [5.41, 5.74) is 1.18. The molecule has 0 unspecified atom stereocenters. The van der Waals surface area contributed by atoms with E-state index in [2.05, 4.69) is 10.3 Å².